The zero-order chi connectivity index (χ0) is 20.3. The maximum absolute atomic E-state index is 13.4. The van der Waals surface area contributed by atoms with Crippen molar-refractivity contribution in [3.63, 3.8) is 0 Å². The summed E-state index contributed by atoms with van der Waals surface area (Å²) in [6.07, 6.45) is 0.917. The van der Waals surface area contributed by atoms with E-state index in [1.165, 1.54) is 18.2 Å². The predicted molar refractivity (Wildman–Crippen MR) is 105 cm³/mol. The number of anilines is 1. The van der Waals surface area contributed by atoms with Crippen LogP contribution in [-0.4, -0.2) is 45.9 Å². The first-order chi connectivity index (χ1) is 14.0. The molecule has 2 aromatic carbocycles. The number of hydrogen-bond donors (Lipinski definition) is 0. The highest BCUT2D eigenvalue weighted by Crippen LogP contribution is 2.49. The fourth-order valence-corrected chi connectivity index (χ4v) is 4.98. The first-order valence-electron chi connectivity index (χ1n) is 9.39. The van der Waals surface area contributed by atoms with Gasteiger partial charge in [0.25, 0.3) is 11.6 Å². The molecule has 3 aliphatic rings. The van der Waals surface area contributed by atoms with E-state index < -0.39 is 16.9 Å². The second kappa shape index (κ2) is 6.62. The number of hydrazine groups is 1. The predicted octanol–water partition coefficient (Wildman–Crippen LogP) is 2.78. The number of fused-ring (bicyclic) bond motifs is 3. The van der Waals surface area contributed by atoms with Gasteiger partial charge >= 0.3 is 0 Å². The van der Waals surface area contributed by atoms with Crippen LogP contribution in [0.5, 0.6) is 0 Å². The van der Waals surface area contributed by atoms with Gasteiger partial charge in [0, 0.05) is 19.2 Å². The van der Waals surface area contributed by atoms with E-state index in [4.69, 9.17) is 11.6 Å². The summed E-state index contributed by atoms with van der Waals surface area (Å²) in [5, 5.41) is 15.3. The van der Waals surface area contributed by atoms with E-state index in [-0.39, 0.29) is 34.3 Å². The van der Waals surface area contributed by atoms with Gasteiger partial charge < -0.3 is 0 Å². The van der Waals surface area contributed by atoms with Gasteiger partial charge in [0.15, 0.2) is 0 Å². The van der Waals surface area contributed by atoms with Crippen LogP contribution in [0.2, 0.25) is 5.02 Å². The Morgan fingerprint density at radius 3 is 2.34 bits per heavy atom. The smallest absolute Gasteiger partial charge is 0.274 e. The van der Waals surface area contributed by atoms with Crippen molar-refractivity contribution in [2.24, 2.45) is 5.92 Å². The molecule has 0 N–H and O–H groups in total. The molecule has 8 nitrogen and oxygen atoms in total. The minimum atomic E-state index is -0.618. The number of amides is 2. The third kappa shape index (κ3) is 2.60. The molecule has 3 atom stereocenters. The van der Waals surface area contributed by atoms with Crippen LogP contribution in [0.25, 0.3) is 0 Å². The van der Waals surface area contributed by atoms with Gasteiger partial charge in [-0.25, -0.2) is 14.9 Å². The summed E-state index contributed by atoms with van der Waals surface area (Å²) in [5.74, 6) is -1.23. The first kappa shape index (κ1) is 18.2. The Morgan fingerprint density at radius 1 is 0.966 bits per heavy atom. The molecule has 29 heavy (non-hydrogen) atoms. The van der Waals surface area contributed by atoms with Crippen molar-refractivity contribution in [3.05, 3.63) is 69.2 Å². The molecular weight excluding hydrogens is 396 g/mol. The number of carbonyl (C=O) groups excluding carboxylic acids is 2. The number of nitrogens with zero attached hydrogens (tertiary/aromatic N) is 4. The largest absolute Gasteiger partial charge is 0.289 e. The lowest BCUT2D eigenvalue weighted by atomic mass is 9.90. The molecule has 0 saturated carbocycles. The average Bonchev–Trinajstić information content (AvgIpc) is 3.35. The van der Waals surface area contributed by atoms with Crippen LogP contribution in [0, 0.1) is 16.0 Å². The summed E-state index contributed by atoms with van der Waals surface area (Å²) in [5.41, 5.74) is 0.837. The number of rotatable bonds is 3. The number of nitro groups is 1. The number of halogens is 1. The molecule has 3 fully saturated rings. The standard InChI is InChI=1S/C20H17ClN4O4/c21-14-8-7-13(11-15(14)25(28)29)24-19(26)16-17(12-5-2-1-3-6-12)22-9-4-10-23(22)18(16)20(24)27/h1-3,5-8,11,16-18H,4,9-10H2/t16-,17+,18-/m0/s1. The van der Waals surface area contributed by atoms with E-state index in [1.807, 2.05) is 35.3 Å². The molecule has 3 aliphatic heterocycles. The van der Waals surface area contributed by atoms with Crippen LogP contribution in [0.15, 0.2) is 48.5 Å². The molecule has 0 aromatic heterocycles. The van der Waals surface area contributed by atoms with E-state index in [2.05, 4.69) is 5.01 Å². The Balaban J connectivity index is 1.58. The van der Waals surface area contributed by atoms with Gasteiger partial charge in [0.1, 0.15) is 11.1 Å². The molecular formula is C20H17ClN4O4. The molecule has 5 rings (SSSR count). The summed E-state index contributed by atoms with van der Waals surface area (Å²) in [6.45, 7) is 1.50. The van der Waals surface area contributed by atoms with Crippen LogP contribution in [-0.2, 0) is 9.59 Å². The fourth-order valence-electron chi connectivity index (χ4n) is 4.80. The van der Waals surface area contributed by atoms with E-state index in [0.717, 1.165) is 23.4 Å². The number of imide groups is 1. The lowest BCUT2D eigenvalue weighted by Crippen LogP contribution is -2.44. The highest BCUT2D eigenvalue weighted by molar-refractivity contribution is 6.33. The summed E-state index contributed by atoms with van der Waals surface area (Å²) in [4.78, 5) is 38.5. The third-order valence-corrected chi connectivity index (χ3v) is 6.25. The van der Waals surface area contributed by atoms with Gasteiger partial charge in [-0.1, -0.05) is 41.9 Å². The number of carbonyl (C=O) groups is 2. The Kier molecular flexibility index (Phi) is 4.16. The lowest BCUT2D eigenvalue weighted by Gasteiger charge is -2.29. The van der Waals surface area contributed by atoms with Gasteiger partial charge in [-0.2, -0.15) is 0 Å². The lowest BCUT2D eigenvalue weighted by molar-refractivity contribution is -0.384. The van der Waals surface area contributed by atoms with Crippen molar-refractivity contribution in [3.8, 4) is 0 Å². The van der Waals surface area contributed by atoms with Gasteiger partial charge in [-0.05, 0) is 24.1 Å². The van der Waals surface area contributed by atoms with Crippen molar-refractivity contribution >= 4 is 34.8 Å². The van der Waals surface area contributed by atoms with Crippen LogP contribution in [0.3, 0.4) is 0 Å². The van der Waals surface area contributed by atoms with E-state index in [1.54, 1.807) is 0 Å². The highest BCUT2D eigenvalue weighted by Gasteiger charge is 2.62. The molecule has 0 aliphatic carbocycles. The fraction of sp³-hybridized carbons (Fsp3) is 0.300. The van der Waals surface area contributed by atoms with E-state index >= 15 is 0 Å². The molecule has 3 heterocycles. The molecule has 9 heteroatoms. The SMILES string of the molecule is O=C1[C@@H]2[C@@H](C(=O)N1c1ccc(Cl)c([N+](=O)[O-])c1)N1CCCN1[C@@H]2c1ccccc1. The van der Waals surface area contributed by atoms with Crippen LogP contribution in [0.1, 0.15) is 18.0 Å². The Labute approximate surface area is 171 Å². The number of benzene rings is 2. The minimum absolute atomic E-state index is 0.0362. The normalized spacial score (nSPS) is 26.8. The number of hydrogen-bond acceptors (Lipinski definition) is 6. The zero-order valence-corrected chi connectivity index (χ0v) is 16.0. The average molecular weight is 413 g/mol. The maximum atomic E-state index is 13.4. The third-order valence-electron chi connectivity index (χ3n) is 5.93. The van der Waals surface area contributed by atoms with Crippen molar-refractivity contribution in [1.82, 2.24) is 10.0 Å². The van der Waals surface area contributed by atoms with Crippen LogP contribution < -0.4 is 4.90 Å². The minimum Gasteiger partial charge on any atom is -0.274 e. The van der Waals surface area contributed by atoms with Crippen molar-refractivity contribution in [1.29, 1.82) is 0 Å². The molecule has 0 spiro atoms. The molecule has 0 bridgehead atoms. The van der Waals surface area contributed by atoms with Crippen molar-refractivity contribution < 1.29 is 14.5 Å². The van der Waals surface area contributed by atoms with Crippen molar-refractivity contribution in [2.45, 2.75) is 18.5 Å². The van der Waals surface area contributed by atoms with Gasteiger partial charge in [0.05, 0.1) is 22.6 Å². The molecule has 0 unspecified atom stereocenters. The topological polar surface area (TPSA) is 87.0 Å². The van der Waals surface area contributed by atoms with E-state index in [9.17, 15) is 19.7 Å². The summed E-state index contributed by atoms with van der Waals surface area (Å²) in [7, 11) is 0. The molecule has 0 radical (unpaired) electrons. The summed E-state index contributed by atoms with van der Waals surface area (Å²) < 4.78 is 0. The van der Waals surface area contributed by atoms with Crippen molar-refractivity contribution in [2.75, 3.05) is 18.0 Å². The quantitative estimate of drug-likeness (QED) is 0.437. The van der Waals surface area contributed by atoms with Crippen LogP contribution >= 0.6 is 11.6 Å². The zero-order valence-electron chi connectivity index (χ0n) is 15.3. The van der Waals surface area contributed by atoms with E-state index in [0.29, 0.717) is 6.54 Å². The number of nitro benzene ring substituents is 1. The monoisotopic (exact) mass is 412 g/mol. The highest BCUT2D eigenvalue weighted by atomic mass is 35.5. The second-order valence-electron chi connectivity index (χ2n) is 7.41. The first-order valence-corrected chi connectivity index (χ1v) is 9.77. The Bertz CT molecular complexity index is 1030. The molecule has 3 saturated heterocycles. The maximum Gasteiger partial charge on any atom is 0.289 e. The summed E-state index contributed by atoms with van der Waals surface area (Å²) in [6, 6.07) is 12.9. The van der Waals surface area contributed by atoms with Gasteiger partial charge in [-0.15, -0.1) is 0 Å². The van der Waals surface area contributed by atoms with Gasteiger partial charge in [-0.3, -0.25) is 19.7 Å². The Morgan fingerprint density at radius 2 is 1.66 bits per heavy atom. The van der Waals surface area contributed by atoms with Crippen LogP contribution in [0.4, 0.5) is 11.4 Å². The molecule has 2 aromatic rings. The second-order valence-corrected chi connectivity index (χ2v) is 7.82. The Hall–Kier alpha value is -2.81. The summed E-state index contributed by atoms with van der Waals surface area (Å²) >= 11 is 5.90. The molecule has 148 valence electrons. The van der Waals surface area contributed by atoms with Gasteiger partial charge in [0.2, 0.25) is 5.91 Å². The molecule has 2 amide bonds.